The molecule has 0 aromatic rings. The first-order valence-electron chi connectivity index (χ1n) is 5.08. The fourth-order valence-electron chi connectivity index (χ4n) is 1.12. The fourth-order valence-corrected chi connectivity index (χ4v) is 1.12. The van der Waals surface area contributed by atoms with E-state index >= 15 is 0 Å². The van der Waals surface area contributed by atoms with E-state index in [1.165, 1.54) is 0 Å². The Hall–Kier alpha value is -0.560. The molecule has 82 valence electrons. The van der Waals surface area contributed by atoms with Crippen LogP contribution >= 0.6 is 0 Å². The smallest absolute Gasteiger partial charge is 0.0784 e. The van der Waals surface area contributed by atoms with E-state index in [4.69, 9.17) is 15.9 Å². The largest absolute Gasteiger partial charge is 0.379 e. The van der Waals surface area contributed by atoms with E-state index in [0.717, 1.165) is 13.2 Å². The third-order valence-electron chi connectivity index (χ3n) is 1.68. The van der Waals surface area contributed by atoms with Crippen LogP contribution in [0, 0.1) is 12.3 Å². The molecule has 0 aliphatic carbocycles. The van der Waals surface area contributed by atoms with Gasteiger partial charge >= 0.3 is 0 Å². The first-order valence-corrected chi connectivity index (χ1v) is 5.08. The lowest BCUT2D eigenvalue weighted by Gasteiger charge is -2.18. The van der Waals surface area contributed by atoms with Crippen LogP contribution in [0.15, 0.2) is 0 Å². The fraction of sp³-hybridized carbons (Fsp3) is 0.818. The Morgan fingerprint density at radius 3 is 2.64 bits per heavy atom. The maximum absolute atomic E-state index is 5.64. The molecule has 0 amide bonds. The summed E-state index contributed by atoms with van der Waals surface area (Å²) in [5, 5.41) is 3.09. The van der Waals surface area contributed by atoms with Gasteiger partial charge in [-0.1, -0.05) is 5.92 Å². The Morgan fingerprint density at radius 1 is 1.36 bits per heavy atom. The Balaban J connectivity index is 3.40. The maximum atomic E-state index is 5.64. The minimum Gasteiger partial charge on any atom is -0.379 e. The summed E-state index contributed by atoms with van der Waals surface area (Å²) in [4.78, 5) is 0. The van der Waals surface area contributed by atoms with Gasteiger partial charge in [0.05, 0.1) is 25.4 Å². The van der Waals surface area contributed by atoms with Crippen LogP contribution < -0.4 is 5.32 Å². The van der Waals surface area contributed by atoms with Gasteiger partial charge in [0.2, 0.25) is 0 Å². The quantitative estimate of drug-likeness (QED) is 0.468. The highest BCUT2D eigenvalue weighted by Crippen LogP contribution is 1.97. The summed E-state index contributed by atoms with van der Waals surface area (Å²) in [6.45, 7) is 8.76. The standard InChI is InChI=1S/C11H21NO2/c1-5-7-12-8-10(3)14-11(4)9-13-6-2/h1,10-12H,6-9H2,2-4H3. The molecule has 0 bridgehead atoms. The van der Waals surface area contributed by atoms with Crippen LogP contribution in [0.4, 0.5) is 0 Å². The molecule has 3 heteroatoms. The molecular formula is C11H21NO2. The van der Waals surface area contributed by atoms with Crippen LogP contribution in [0.1, 0.15) is 20.8 Å². The van der Waals surface area contributed by atoms with Crippen molar-refractivity contribution < 1.29 is 9.47 Å². The highest BCUT2D eigenvalue weighted by molar-refractivity contribution is 4.86. The van der Waals surface area contributed by atoms with E-state index < -0.39 is 0 Å². The molecule has 2 atom stereocenters. The molecule has 0 spiro atoms. The van der Waals surface area contributed by atoms with Crippen molar-refractivity contribution in [2.24, 2.45) is 0 Å². The van der Waals surface area contributed by atoms with E-state index in [-0.39, 0.29) is 12.2 Å². The van der Waals surface area contributed by atoms with Gasteiger partial charge in [0.1, 0.15) is 0 Å². The van der Waals surface area contributed by atoms with E-state index in [2.05, 4.69) is 11.2 Å². The third-order valence-corrected chi connectivity index (χ3v) is 1.68. The van der Waals surface area contributed by atoms with Gasteiger partial charge in [0.25, 0.3) is 0 Å². The average Bonchev–Trinajstić information content (AvgIpc) is 2.15. The summed E-state index contributed by atoms with van der Waals surface area (Å²) in [6, 6.07) is 0. The van der Waals surface area contributed by atoms with Crippen LogP contribution in [-0.2, 0) is 9.47 Å². The Kier molecular flexibility index (Phi) is 8.65. The molecule has 0 saturated carbocycles. The first kappa shape index (κ1) is 13.4. The van der Waals surface area contributed by atoms with Crippen molar-refractivity contribution in [3.8, 4) is 12.3 Å². The SMILES string of the molecule is C#CCNCC(C)OC(C)COCC. The molecule has 2 unspecified atom stereocenters. The molecule has 1 N–H and O–H groups in total. The molecule has 14 heavy (non-hydrogen) atoms. The summed E-state index contributed by atoms with van der Waals surface area (Å²) in [5.41, 5.74) is 0. The van der Waals surface area contributed by atoms with Gasteiger partial charge in [0, 0.05) is 13.2 Å². The molecular weight excluding hydrogens is 178 g/mol. The van der Waals surface area contributed by atoms with Gasteiger partial charge in [-0.2, -0.15) is 0 Å². The van der Waals surface area contributed by atoms with E-state index in [1.807, 2.05) is 20.8 Å². The zero-order chi connectivity index (χ0) is 10.8. The second-order valence-electron chi connectivity index (χ2n) is 3.25. The molecule has 0 fully saturated rings. The normalized spacial score (nSPS) is 14.7. The Labute approximate surface area is 87.2 Å². The Bertz CT molecular complexity index is 165. The number of nitrogens with one attached hydrogen (secondary N) is 1. The predicted octanol–water partition coefficient (Wildman–Crippen LogP) is 1.04. The van der Waals surface area contributed by atoms with E-state index in [0.29, 0.717) is 13.2 Å². The lowest BCUT2D eigenvalue weighted by Crippen LogP contribution is -2.31. The van der Waals surface area contributed by atoms with Crippen LogP contribution in [0.3, 0.4) is 0 Å². The second kappa shape index (κ2) is 9.01. The molecule has 3 nitrogen and oxygen atoms in total. The van der Waals surface area contributed by atoms with Gasteiger partial charge in [0.15, 0.2) is 0 Å². The number of ether oxygens (including phenoxy) is 2. The molecule has 0 radical (unpaired) electrons. The monoisotopic (exact) mass is 199 g/mol. The summed E-state index contributed by atoms with van der Waals surface area (Å²) >= 11 is 0. The van der Waals surface area contributed by atoms with E-state index in [9.17, 15) is 0 Å². The van der Waals surface area contributed by atoms with Crippen molar-refractivity contribution in [3.05, 3.63) is 0 Å². The van der Waals surface area contributed by atoms with Crippen LogP contribution in [0.25, 0.3) is 0 Å². The molecule has 0 aliphatic rings. The van der Waals surface area contributed by atoms with Crippen molar-refractivity contribution in [2.45, 2.75) is 33.0 Å². The number of rotatable bonds is 8. The predicted molar refractivity (Wildman–Crippen MR) is 58.2 cm³/mol. The zero-order valence-electron chi connectivity index (χ0n) is 9.38. The van der Waals surface area contributed by atoms with Crippen LogP contribution in [-0.4, -0.2) is 38.5 Å². The average molecular weight is 199 g/mol. The number of hydrogen-bond acceptors (Lipinski definition) is 3. The summed E-state index contributed by atoms with van der Waals surface area (Å²) in [6.07, 6.45) is 5.41. The van der Waals surface area contributed by atoms with Gasteiger partial charge in [-0.15, -0.1) is 6.42 Å². The molecule has 0 aliphatic heterocycles. The van der Waals surface area contributed by atoms with Crippen LogP contribution in [0.2, 0.25) is 0 Å². The van der Waals surface area contributed by atoms with Gasteiger partial charge < -0.3 is 14.8 Å². The third kappa shape index (κ3) is 8.06. The molecule has 0 rings (SSSR count). The highest BCUT2D eigenvalue weighted by atomic mass is 16.5. The number of terminal acetylenes is 1. The van der Waals surface area contributed by atoms with Crippen molar-refractivity contribution >= 4 is 0 Å². The number of hydrogen-bond donors (Lipinski definition) is 1. The van der Waals surface area contributed by atoms with Crippen molar-refractivity contribution in [1.29, 1.82) is 0 Å². The lowest BCUT2D eigenvalue weighted by atomic mass is 10.3. The molecule has 0 aromatic carbocycles. The van der Waals surface area contributed by atoms with Gasteiger partial charge in [-0.05, 0) is 20.8 Å². The first-order chi connectivity index (χ1) is 6.70. The summed E-state index contributed by atoms with van der Waals surface area (Å²) in [7, 11) is 0. The summed E-state index contributed by atoms with van der Waals surface area (Å²) < 4.78 is 10.9. The van der Waals surface area contributed by atoms with Crippen molar-refractivity contribution in [1.82, 2.24) is 5.32 Å². The minimum atomic E-state index is 0.137. The van der Waals surface area contributed by atoms with E-state index in [1.54, 1.807) is 0 Å². The van der Waals surface area contributed by atoms with Crippen LogP contribution in [0.5, 0.6) is 0 Å². The molecule has 0 aromatic heterocycles. The van der Waals surface area contributed by atoms with Gasteiger partial charge in [-0.25, -0.2) is 0 Å². The minimum absolute atomic E-state index is 0.137. The Morgan fingerprint density at radius 2 is 2.07 bits per heavy atom. The highest BCUT2D eigenvalue weighted by Gasteiger charge is 2.07. The summed E-state index contributed by atoms with van der Waals surface area (Å²) in [5.74, 6) is 2.52. The van der Waals surface area contributed by atoms with Crippen molar-refractivity contribution in [2.75, 3.05) is 26.3 Å². The zero-order valence-corrected chi connectivity index (χ0v) is 9.38. The molecule has 0 saturated heterocycles. The van der Waals surface area contributed by atoms with Crippen molar-refractivity contribution in [3.63, 3.8) is 0 Å². The maximum Gasteiger partial charge on any atom is 0.0784 e. The second-order valence-corrected chi connectivity index (χ2v) is 3.25. The molecule has 0 heterocycles. The lowest BCUT2D eigenvalue weighted by molar-refractivity contribution is -0.0380. The topological polar surface area (TPSA) is 30.5 Å². The van der Waals surface area contributed by atoms with Gasteiger partial charge in [-0.3, -0.25) is 0 Å².